The summed E-state index contributed by atoms with van der Waals surface area (Å²) in [4.78, 5) is 6.31. The quantitative estimate of drug-likeness (QED) is 0.370. The first-order valence-corrected chi connectivity index (χ1v) is 8.53. The van der Waals surface area contributed by atoms with Crippen molar-refractivity contribution in [1.29, 1.82) is 0 Å². The number of halogens is 2. The SMILES string of the molecule is CN=C(NCCc1ccc(N(C)C)cc1)NCCc1cccc(F)c1.I. The summed E-state index contributed by atoms with van der Waals surface area (Å²) in [5.41, 5.74) is 3.46. The highest BCUT2D eigenvalue weighted by Gasteiger charge is 2.00. The van der Waals surface area contributed by atoms with Gasteiger partial charge < -0.3 is 15.5 Å². The molecule has 142 valence electrons. The van der Waals surface area contributed by atoms with Crippen molar-refractivity contribution in [3.05, 3.63) is 65.5 Å². The molecule has 0 spiro atoms. The van der Waals surface area contributed by atoms with Crippen molar-refractivity contribution in [1.82, 2.24) is 10.6 Å². The average Bonchev–Trinajstić information content (AvgIpc) is 2.61. The second-order valence-electron chi connectivity index (χ2n) is 6.12. The molecule has 26 heavy (non-hydrogen) atoms. The molecule has 0 unspecified atom stereocenters. The number of nitrogens with zero attached hydrogens (tertiary/aromatic N) is 2. The van der Waals surface area contributed by atoms with Gasteiger partial charge in [0.1, 0.15) is 5.82 Å². The Bertz CT molecular complexity index is 686. The van der Waals surface area contributed by atoms with Crippen LogP contribution in [0.5, 0.6) is 0 Å². The molecule has 2 aromatic carbocycles. The highest BCUT2D eigenvalue weighted by atomic mass is 127. The Morgan fingerprint density at radius 1 is 0.962 bits per heavy atom. The molecule has 0 amide bonds. The third kappa shape index (κ3) is 7.59. The molecule has 0 heterocycles. The van der Waals surface area contributed by atoms with E-state index in [0.29, 0.717) is 6.54 Å². The van der Waals surface area contributed by atoms with E-state index in [2.05, 4.69) is 44.8 Å². The summed E-state index contributed by atoms with van der Waals surface area (Å²) in [7, 11) is 5.83. The third-order valence-corrected chi connectivity index (χ3v) is 3.98. The molecule has 2 aromatic rings. The Balaban J connectivity index is 0.00000338. The molecule has 0 aliphatic heterocycles. The van der Waals surface area contributed by atoms with E-state index in [1.54, 1.807) is 19.2 Å². The van der Waals surface area contributed by atoms with E-state index in [1.165, 1.54) is 17.3 Å². The number of aliphatic imine (C=N–C) groups is 1. The molecule has 0 radical (unpaired) electrons. The van der Waals surface area contributed by atoms with E-state index in [4.69, 9.17) is 0 Å². The second-order valence-corrected chi connectivity index (χ2v) is 6.12. The zero-order valence-electron chi connectivity index (χ0n) is 15.6. The lowest BCUT2D eigenvalue weighted by Crippen LogP contribution is -2.39. The van der Waals surface area contributed by atoms with Crippen LogP contribution in [0.3, 0.4) is 0 Å². The predicted molar refractivity (Wildman–Crippen MR) is 119 cm³/mol. The van der Waals surface area contributed by atoms with E-state index >= 15 is 0 Å². The first kappa shape index (κ1) is 22.2. The lowest BCUT2D eigenvalue weighted by atomic mass is 10.1. The average molecular weight is 470 g/mol. The largest absolute Gasteiger partial charge is 0.378 e. The van der Waals surface area contributed by atoms with Gasteiger partial charge in [0.25, 0.3) is 0 Å². The summed E-state index contributed by atoms with van der Waals surface area (Å²) in [5, 5.41) is 6.56. The summed E-state index contributed by atoms with van der Waals surface area (Å²) >= 11 is 0. The number of hydrogen-bond donors (Lipinski definition) is 2. The summed E-state index contributed by atoms with van der Waals surface area (Å²) in [6.07, 6.45) is 1.68. The van der Waals surface area contributed by atoms with Gasteiger partial charge >= 0.3 is 0 Å². The Morgan fingerprint density at radius 2 is 1.58 bits per heavy atom. The molecule has 0 fully saturated rings. The van der Waals surface area contributed by atoms with E-state index in [1.807, 2.05) is 20.2 Å². The van der Waals surface area contributed by atoms with E-state index in [-0.39, 0.29) is 29.8 Å². The van der Waals surface area contributed by atoms with Crippen LogP contribution in [0.15, 0.2) is 53.5 Å². The van der Waals surface area contributed by atoms with Crippen molar-refractivity contribution in [3.8, 4) is 0 Å². The fraction of sp³-hybridized carbons (Fsp3) is 0.350. The van der Waals surface area contributed by atoms with Crippen LogP contribution in [0.4, 0.5) is 10.1 Å². The molecule has 0 aromatic heterocycles. The molecular weight excluding hydrogens is 442 g/mol. The predicted octanol–water partition coefficient (Wildman–Crippen LogP) is 3.46. The van der Waals surface area contributed by atoms with Crippen molar-refractivity contribution in [3.63, 3.8) is 0 Å². The molecule has 0 atom stereocenters. The number of rotatable bonds is 7. The maximum Gasteiger partial charge on any atom is 0.190 e. The lowest BCUT2D eigenvalue weighted by molar-refractivity contribution is 0.625. The third-order valence-electron chi connectivity index (χ3n) is 3.98. The number of benzene rings is 2. The van der Waals surface area contributed by atoms with Crippen molar-refractivity contribution >= 4 is 35.6 Å². The van der Waals surface area contributed by atoms with Gasteiger partial charge in [-0.3, -0.25) is 4.99 Å². The van der Waals surface area contributed by atoms with Crippen LogP contribution in [0.1, 0.15) is 11.1 Å². The minimum absolute atomic E-state index is 0. The van der Waals surface area contributed by atoms with Gasteiger partial charge in [-0.25, -0.2) is 4.39 Å². The van der Waals surface area contributed by atoms with Crippen LogP contribution in [-0.4, -0.2) is 40.2 Å². The molecule has 4 nitrogen and oxygen atoms in total. The Kier molecular flexibility index (Phi) is 10.0. The maximum atomic E-state index is 13.2. The molecule has 6 heteroatoms. The first-order valence-electron chi connectivity index (χ1n) is 8.53. The van der Waals surface area contributed by atoms with Crippen molar-refractivity contribution in [2.45, 2.75) is 12.8 Å². The minimum atomic E-state index is -0.194. The van der Waals surface area contributed by atoms with E-state index in [9.17, 15) is 4.39 Å². The van der Waals surface area contributed by atoms with E-state index < -0.39 is 0 Å². The van der Waals surface area contributed by atoms with Crippen LogP contribution in [-0.2, 0) is 12.8 Å². The summed E-state index contributed by atoms with van der Waals surface area (Å²) in [6, 6.07) is 15.2. The normalized spacial score (nSPS) is 10.8. The first-order chi connectivity index (χ1) is 12.1. The lowest BCUT2D eigenvalue weighted by Gasteiger charge is -2.14. The van der Waals surface area contributed by atoms with Gasteiger partial charge in [-0.1, -0.05) is 24.3 Å². The van der Waals surface area contributed by atoms with Crippen LogP contribution in [0, 0.1) is 5.82 Å². The number of hydrogen-bond acceptors (Lipinski definition) is 2. The highest BCUT2D eigenvalue weighted by molar-refractivity contribution is 14.0. The maximum absolute atomic E-state index is 13.2. The van der Waals surface area contributed by atoms with Gasteiger partial charge in [0, 0.05) is 39.9 Å². The second kappa shape index (κ2) is 11.7. The van der Waals surface area contributed by atoms with Crippen molar-refractivity contribution in [2.75, 3.05) is 39.1 Å². The topological polar surface area (TPSA) is 39.7 Å². The van der Waals surface area contributed by atoms with Gasteiger partial charge in [0.05, 0.1) is 0 Å². The summed E-state index contributed by atoms with van der Waals surface area (Å²) < 4.78 is 13.2. The fourth-order valence-electron chi connectivity index (χ4n) is 2.52. The summed E-state index contributed by atoms with van der Waals surface area (Å²) in [5.74, 6) is 0.571. The zero-order chi connectivity index (χ0) is 18.1. The fourth-order valence-corrected chi connectivity index (χ4v) is 2.52. The van der Waals surface area contributed by atoms with Crippen molar-refractivity contribution < 1.29 is 4.39 Å². The summed E-state index contributed by atoms with van der Waals surface area (Å²) in [6.45, 7) is 1.52. The zero-order valence-corrected chi connectivity index (χ0v) is 18.0. The molecule has 0 saturated heterocycles. The molecular formula is C20H28FIN4. The molecule has 0 saturated carbocycles. The number of nitrogens with one attached hydrogen (secondary N) is 2. The number of anilines is 1. The van der Waals surface area contributed by atoms with Crippen molar-refractivity contribution in [2.24, 2.45) is 4.99 Å². The van der Waals surface area contributed by atoms with Gasteiger partial charge in [-0.05, 0) is 48.2 Å². The van der Waals surface area contributed by atoms with Gasteiger partial charge in [0.2, 0.25) is 0 Å². The Hall–Kier alpha value is -1.83. The smallest absolute Gasteiger partial charge is 0.190 e. The van der Waals surface area contributed by atoms with Gasteiger partial charge in [-0.2, -0.15) is 0 Å². The highest BCUT2D eigenvalue weighted by Crippen LogP contribution is 2.12. The Labute approximate surface area is 172 Å². The minimum Gasteiger partial charge on any atom is -0.378 e. The van der Waals surface area contributed by atoms with E-state index in [0.717, 1.165) is 30.9 Å². The van der Waals surface area contributed by atoms with Crippen LogP contribution >= 0.6 is 24.0 Å². The molecule has 2 N–H and O–H groups in total. The van der Waals surface area contributed by atoms with Crippen LogP contribution < -0.4 is 15.5 Å². The van der Waals surface area contributed by atoms with Gasteiger partial charge in [-0.15, -0.1) is 24.0 Å². The van der Waals surface area contributed by atoms with Gasteiger partial charge in [0.15, 0.2) is 5.96 Å². The standard InChI is InChI=1S/C20H27FN4.HI/c1-22-20(24-14-12-17-5-4-6-18(21)15-17)23-13-11-16-7-9-19(10-8-16)25(2)3;/h4-10,15H,11-14H2,1-3H3,(H2,22,23,24);1H. The molecule has 0 aliphatic rings. The number of guanidine groups is 1. The molecule has 2 rings (SSSR count). The monoisotopic (exact) mass is 470 g/mol. The van der Waals surface area contributed by atoms with Crippen LogP contribution in [0.25, 0.3) is 0 Å². The van der Waals surface area contributed by atoms with Crippen LogP contribution in [0.2, 0.25) is 0 Å². The molecule has 0 bridgehead atoms. The Morgan fingerprint density at radius 3 is 2.12 bits per heavy atom. The molecule has 0 aliphatic carbocycles.